The molecule has 0 aliphatic heterocycles. The maximum absolute atomic E-state index is 11.6. The molecule has 2 heterocycles. The highest BCUT2D eigenvalue weighted by molar-refractivity contribution is 6.00. The fourth-order valence-corrected chi connectivity index (χ4v) is 1.15. The van der Waals surface area contributed by atoms with Gasteiger partial charge in [-0.2, -0.15) is 5.10 Å². The molecule has 0 atom stereocenters. The van der Waals surface area contributed by atoms with Crippen LogP contribution in [0, 0.1) is 6.92 Å². The molecule has 10 heteroatoms. The van der Waals surface area contributed by atoms with Gasteiger partial charge in [-0.15, -0.1) is 0 Å². The second-order valence-electron chi connectivity index (χ2n) is 3.33. The maximum atomic E-state index is 11.6. The first-order chi connectivity index (χ1) is 8.59. The van der Waals surface area contributed by atoms with Gasteiger partial charge in [-0.3, -0.25) is 4.79 Å². The smallest absolute Gasteiger partial charge is 0.297 e. The molecule has 2 rings (SSSR count). The molecule has 94 valence electrons. The third-order valence-electron chi connectivity index (χ3n) is 2.05. The van der Waals surface area contributed by atoms with Crippen LogP contribution in [-0.4, -0.2) is 32.2 Å². The summed E-state index contributed by atoms with van der Waals surface area (Å²) < 4.78 is 8.81. The Morgan fingerprint density at radius 3 is 2.44 bits per heavy atom. The molecular weight excluding hydrogens is 242 g/mol. The van der Waals surface area contributed by atoms with Crippen LogP contribution in [0.25, 0.3) is 0 Å². The fraction of sp³-hybridized carbons (Fsp3) is 0.250. The molecule has 0 saturated heterocycles. The Morgan fingerprint density at radius 2 is 1.89 bits per heavy atom. The zero-order valence-corrected chi connectivity index (χ0v) is 9.54. The van der Waals surface area contributed by atoms with E-state index in [-0.39, 0.29) is 11.5 Å². The van der Waals surface area contributed by atoms with Crippen molar-refractivity contribution >= 4 is 17.4 Å². The lowest BCUT2D eigenvalue weighted by Crippen LogP contribution is -2.21. The number of rotatable bonds is 3. The number of amides is 1. The summed E-state index contributed by atoms with van der Waals surface area (Å²) in [5, 5.41) is 17.6. The zero-order valence-electron chi connectivity index (χ0n) is 9.54. The topological polar surface area (TPSA) is 145 Å². The number of hydrogen-bond donors (Lipinski definition) is 2. The van der Waals surface area contributed by atoms with E-state index in [1.54, 1.807) is 13.8 Å². The Kier molecular flexibility index (Phi) is 3.00. The highest BCUT2D eigenvalue weighted by Crippen LogP contribution is 2.04. The van der Waals surface area contributed by atoms with Gasteiger partial charge in [0.15, 0.2) is 5.69 Å². The molecule has 1 amide bonds. The Hall–Kier alpha value is -2.78. The van der Waals surface area contributed by atoms with Crippen molar-refractivity contribution in [2.75, 3.05) is 5.73 Å². The summed E-state index contributed by atoms with van der Waals surface area (Å²) in [5.41, 5.74) is 8.89. The van der Waals surface area contributed by atoms with E-state index in [0.717, 1.165) is 0 Å². The summed E-state index contributed by atoms with van der Waals surface area (Å²) in [5.74, 6) is -0.748. The van der Waals surface area contributed by atoms with E-state index in [1.807, 2.05) is 0 Å². The standard InChI is InChI=1S/C8H9N7O3/c1-3(5-4(2)12-17-13-5)10-11-8(16)6-7(9)15-18-14-6/h1-2H3,(H2,9,15)(H,11,16)/b10-3+. The molecular formula is C8H9N7O3. The molecule has 0 unspecified atom stereocenters. The van der Waals surface area contributed by atoms with Crippen LogP contribution in [0.4, 0.5) is 5.82 Å². The first kappa shape index (κ1) is 11.7. The number of nitrogens with two attached hydrogens (primary N) is 1. The van der Waals surface area contributed by atoms with E-state index in [2.05, 4.69) is 40.4 Å². The lowest BCUT2D eigenvalue weighted by atomic mass is 10.2. The second kappa shape index (κ2) is 4.61. The number of anilines is 1. The van der Waals surface area contributed by atoms with E-state index in [1.165, 1.54) is 0 Å². The highest BCUT2D eigenvalue weighted by atomic mass is 16.6. The van der Waals surface area contributed by atoms with Crippen LogP contribution in [0.3, 0.4) is 0 Å². The molecule has 0 spiro atoms. The first-order valence-corrected chi connectivity index (χ1v) is 4.81. The van der Waals surface area contributed by atoms with Gasteiger partial charge in [0.2, 0.25) is 11.5 Å². The zero-order chi connectivity index (χ0) is 13.1. The van der Waals surface area contributed by atoms with E-state index < -0.39 is 5.91 Å². The first-order valence-electron chi connectivity index (χ1n) is 4.81. The van der Waals surface area contributed by atoms with Crippen molar-refractivity contribution in [1.29, 1.82) is 0 Å². The molecule has 0 aliphatic rings. The molecule has 0 fully saturated rings. The monoisotopic (exact) mass is 251 g/mol. The summed E-state index contributed by atoms with van der Waals surface area (Å²) in [6.07, 6.45) is 0. The van der Waals surface area contributed by atoms with Crippen LogP contribution in [-0.2, 0) is 0 Å². The van der Waals surface area contributed by atoms with Gasteiger partial charge in [0.05, 0.1) is 5.71 Å². The van der Waals surface area contributed by atoms with Crippen molar-refractivity contribution < 1.29 is 14.1 Å². The van der Waals surface area contributed by atoms with Gasteiger partial charge < -0.3 is 5.73 Å². The predicted molar refractivity (Wildman–Crippen MR) is 57.4 cm³/mol. The molecule has 2 aromatic rings. The van der Waals surface area contributed by atoms with E-state index in [9.17, 15) is 4.79 Å². The third kappa shape index (κ3) is 2.16. The molecule has 18 heavy (non-hydrogen) atoms. The van der Waals surface area contributed by atoms with Crippen LogP contribution in [0.1, 0.15) is 28.8 Å². The van der Waals surface area contributed by atoms with E-state index >= 15 is 0 Å². The van der Waals surface area contributed by atoms with Crippen LogP contribution in [0.15, 0.2) is 14.4 Å². The van der Waals surface area contributed by atoms with Crippen LogP contribution in [0.5, 0.6) is 0 Å². The number of hydrogen-bond acceptors (Lipinski definition) is 9. The van der Waals surface area contributed by atoms with Crippen LogP contribution in [0.2, 0.25) is 0 Å². The maximum Gasteiger partial charge on any atom is 0.297 e. The van der Waals surface area contributed by atoms with Gasteiger partial charge in [-0.05, 0) is 29.3 Å². The Morgan fingerprint density at radius 1 is 1.22 bits per heavy atom. The summed E-state index contributed by atoms with van der Waals surface area (Å²) in [6.45, 7) is 3.34. The lowest BCUT2D eigenvalue weighted by molar-refractivity contribution is 0.0945. The second-order valence-corrected chi connectivity index (χ2v) is 3.33. The minimum Gasteiger partial charge on any atom is -0.379 e. The third-order valence-corrected chi connectivity index (χ3v) is 2.05. The summed E-state index contributed by atoms with van der Waals surface area (Å²) in [7, 11) is 0. The van der Waals surface area contributed by atoms with E-state index in [0.29, 0.717) is 17.1 Å². The van der Waals surface area contributed by atoms with Crippen LogP contribution < -0.4 is 11.2 Å². The molecule has 10 nitrogen and oxygen atoms in total. The normalized spacial score (nSPS) is 11.6. The number of nitrogens with zero attached hydrogens (tertiary/aromatic N) is 5. The fourth-order valence-electron chi connectivity index (χ4n) is 1.15. The van der Waals surface area contributed by atoms with Gasteiger partial charge in [-0.1, -0.05) is 5.16 Å². The summed E-state index contributed by atoms with van der Waals surface area (Å²) in [6, 6.07) is 0. The number of aryl methyl sites for hydroxylation is 1. The van der Waals surface area contributed by atoms with Crippen molar-refractivity contribution in [1.82, 2.24) is 26.1 Å². The summed E-state index contributed by atoms with van der Waals surface area (Å²) in [4.78, 5) is 11.6. The molecule has 0 aromatic carbocycles. The van der Waals surface area contributed by atoms with Gasteiger partial charge in [0.25, 0.3) is 5.91 Å². The van der Waals surface area contributed by atoms with Crippen molar-refractivity contribution in [2.24, 2.45) is 5.10 Å². The molecule has 0 radical (unpaired) electrons. The molecule has 0 bridgehead atoms. The minimum atomic E-state index is -0.637. The average Bonchev–Trinajstić information content (AvgIpc) is 2.94. The van der Waals surface area contributed by atoms with Gasteiger partial charge in [-0.25, -0.2) is 14.7 Å². The largest absolute Gasteiger partial charge is 0.379 e. The van der Waals surface area contributed by atoms with E-state index in [4.69, 9.17) is 5.73 Å². The Balaban J connectivity index is 2.10. The van der Waals surface area contributed by atoms with Crippen LogP contribution >= 0.6 is 0 Å². The van der Waals surface area contributed by atoms with Gasteiger partial charge in [0, 0.05) is 0 Å². The lowest BCUT2D eigenvalue weighted by Gasteiger charge is -1.97. The number of nitrogens with one attached hydrogen (secondary N) is 1. The van der Waals surface area contributed by atoms with Gasteiger partial charge in [0.1, 0.15) is 5.69 Å². The number of hydrazone groups is 1. The summed E-state index contributed by atoms with van der Waals surface area (Å²) >= 11 is 0. The van der Waals surface area contributed by atoms with Crippen molar-refractivity contribution in [3.8, 4) is 0 Å². The van der Waals surface area contributed by atoms with Crippen molar-refractivity contribution in [3.05, 3.63) is 17.1 Å². The highest BCUT2D eigenvalue weighted by Gasteiger charge is 2.16. The van der Waals surface area contributed by atoms with Crippen molar-refractivity contribution in [3.63, 3.8) is 0 Å². The van der Waals surface area contributed by atoms with Gasteiger partial charge >= 0.3 is 0 Å². The Bertz CT molecular complexity index is 599. The molecule has 0 aliphatic carbocycles. The molecule has 0 saturated carbocycles. The SMILES string of the molecule is C/C(=N\NC(=O)c1nonc1N)c1nonc1C. The molecule has 2 aromatic heterocycles. The predicted octanol–water partition coefficient (Wildman–Crippen LogP) is -0.503. The Labute approximate surface area is 100 Å². The number of aromatic nitrogens is 4. The average molecular weight is 251 g/mol. The number of carbonyl (C=O) groups is 1. The number of nitrogen functional groups attached to an aromatic ring is 1. The molecule has 3 N–H and O–H groups in total. The quantitative estimate of drug-likeness (QED) is 0.548. The van der Waals surface area contributed by atoms with Crippen molar-refractivity contribution in [2.45, 2.75) is 13.8 Å². The minimum absolute atomic E-state index is 0.111. The number of carbonyl (C=O) groups excluding carboxylic acids is 1.